The average Bonchev–Trinajstić information content (AvgIpc) is 2.84. The Bertz CT molecular complexity index is 602. The highest BCUT2D eigenvalue weighted by atomic mass is 15.2. The van der Waals surface area contributed by atoms with E-state index < -0.39 is 0 Å². The first-order valence-corrected chi connectivity index (χ1v) is 8.26. The molecule has 1 aliphatic heterocycles. The van der Waals surface area contributed by atoms with Crippen molar-refractivity contribution in [1.29, 1.82) is 0 Å². The minimum Gasteiger partial charge on any atom is -0.313 e. The Morgan fingerprint density at radius 1 is 1.33 bits per heavy atom. The molecule has 0 bridgehead atoms. The third-order valence-corrected chi connectivity index (χ3v) is 4.65. The summed E-state index contributed by atoms with van der Waals surface area (Å²) in [5, 5.41) is 0. The third kappa shape index (κ3) is 2.82. The largest absolute Gasteiger partial charge is 0.313 e. The lowest BCUT2D eigenvalue weighted by Gasteiger charge is -2.38. The van der Waals surface area contributed by atoms with Gasteiger partial charge in [0.25, 0.3) is 0 Å². The second-order valence-electron chi connectivity index (χ2n) is 6.30. The second kappa shape index (κ2) is 6.14. The first-order valence-electron chi connectivity index (χ1n) is 8.26. The van der Waals surface area contributed by atoms with Crippen LogP contribution >= 0.6 is 0 Å². The average molecular weight is 286 g/mol. The molecule has 0 aromatic carbocycles. The van der Waals surface area contributed by atoms with Gasteiger partial charge in [0.1, 0.15) is 11.3 Å². The molecule has 21 heavy (non-hydrogen) atoms. The molecule has 1 saturated heterocycles. The number of hydrogen-bond acceptors (Lipinski definition) is 3. The Kier molecular flexibility index (Phi) is 4.24. The van der Waals surface area contributed by atoms with Crippen molar-refractivity contribution < 1.29 is 0 Å². The van der Waals surface area contributed by atoms with Crippen LogP contribution in [0.25, 0.3) is 11.2 Å². The van der Waals surface area contributed by atoms with E-state index in [9.17, 15) is 0 Å². The summed E-state index contributed by atoms with van der Waals surface area (Å²) >= 11 is 0. The fourth-order valence-electron chi connectivity index (χ4n) is 3.63. The Balaban J connectivity index is 1.89. The van der Waals surface area contributed by atoms with Gasteiger partial charge < -0.3 is 4.57 Å². The number of imidazole rings is 1. The smallest absolute Gasteiger partial charge is 0.159 e. The van der Waals surface area contributed by atoms with Gasteiger partial charge in [0.05, 0.1) is 0 Å². The van der Waals surface area contributed by atoms with E-state index in [1.54, 1.807) is 0 Å². The Hall–Kier alpha value is -1.42. The number of likely N-dealkylation sites (tertiary alicyclic amines) is 1. The maximum Gasteiger partial charge on any atom is 0.159 e. The van der Waals surface area contributed by atoms with Gasteiger partial charge in [-0.2, -0.15) is 0 Å². The Morgan fingerprint density at radius 3 is 2.95 bits per heavy atom. The summed E-state index contributed by atoms with van der Waals surface area (Å²) in [7, 11) is 0. The lowest BCUT2D eigenvalue weighted by molar-refractivity contribution is 0.109. The monoisotopic (exact) mass is 286 g/mol. The number of aromatic nitrogens is 3. The molecule has 0 saturated carbocycles. The summed E-state index contributed by atoms with van der Waals surface area (Å²) in [6.07, 6.45) is 6.88. The number of nitrogens with zero attached hydrogens (tertiary/aromatic N) is 4. The minimum atomic E-state index is 0.618. The van der Waals surface area contributed by atoms with Crippen LogP contribution in [0.1, 0.15) is 45.9 Å². The van der Waals surface area contributed by atoms with Crippen molar-refractivity contribution in [2.24, 2.45) is 0 Å². The second-order valence-corrected chi connectivity index (χ2v) is 6.30. The van der Waals surface area contributed by atoms with E-state index in [2.05, 4.69) is 41.3 Å². The van der Waals surface area contributed by atoms with Gasteiger partial charge in [-0.1, -0.05) is 6.42 Å². The highest BCUT2D eigenvalue weighted by molar-refractivity contribution is 5.71. The molecular formula is C17H26N4. The van der Waals surface area contributed by atoms with Gasteiger partial charge in [-0.3, -0.25) is 4.90 Å². The molecule has 4 heteroatoms. The van der Waals surface area contributed by atoms with E-state index in [1.807, 2.05) is 12.3 Å². The van der Waals surface area contributed by atoms with Gasteiger partial charge >= 0.3 is 0 Å². The number of aryl methyl sites for hydroxylation is 1. The van der Waals surface area contributed by atoms with Crippen molar-refractivity contribution in [3.63, 3.8) is 0 Å². The van der Waals surface area contributed by atoms with Crippen LogP contribution in [-0.2, 0) is 13.0 Å². The van der Waals surface area contributed by atoms with Crippen LogP contribution in [-0.4, -0.2) is 38.1 Å². The Labute approximate surface area is 127 Å². The van der Waals surface area contributed by atoms with Crippen LogP contribution in [0.5, 0.6) is 0 Å². The summed E-state index contributed by atoms with van der Waals surface area (Å²) in [6.45, 7) is 8.97. The normalized spacial score (nSPS) is 20.5. The standard InChI is InChI=1S/C17H26N4/c1-4-20-16(19-15-9-7-10-18-17(15)20)12-14-8-5-6-11-21(14)13(2)3/h7,9-10,13-14H,4-6,8,11-12H2,1-3H3. The fraction of sp³-hybridized carbons (Fsp3) is 0.647. The van der Waals surface area contributed by atoms with Crippen LogP contribution in [0.3, 0.4) is 0 Å². The zero-order chi connectivity index (χ0) is 14.8. The van der Waals surface area contributed by atoms with E-state index in [-0.39, 0.29) is 0 Å². The topological polar surface area (TPSA) is 34.0 Å². The van der Waals surface area contributed by atoms with Crippen molar-refractivity contribution >= 4 is 11.2 Å². The van der Waals surface area contributed by atoms with Crippen LogP contribution in [0, 0.1) is 0 Å². The number of hydrogen-bond donors (Lipinski definition) is 0. The van der Waals surface area contributed by atoms with E-state index >= 15 is 0 Å². The van der Waals surface area contributed by atoms with Gasteiger partial charge in [-0.25, -0.2) is 9.97 Å². The molecule has 3 rings (SSSR count). The van der Waals surface area contributed by atoms with Crippen molar-refractivity contribution in [2.75, 3.05) is 6.54 Å². The molecule has 0 amide bonds. The Morgan fingerprint density at radius 2 is 2.19 bits per heavy atom. The van der Waals surface area contributed by atoms with E-state index in [1.165, 1.54) is 31.6 Å². The maximum absolute atomic E-state index is 4.85. The van der Waals surface area contributed by atoms with Crippen LogP contribution in [0.2, 0.25) is 0 Å². The van der Waals surface area contributed by atoms with E-state index in [0.29, 0.717) is 12.1 Å². The first kappa shape index (κ1) is 14.5. The fourth-order valence-corrected chi connectivity index (χ4v) is 3.63. The van der Waals surface area contributed by atoms with E-state index in [4.69, 9.17) is 4.98 Å². The SMILES string of the molecule is CCn1c(CC2CCCCN2C(C)C)nc2cccnc21. The van der Waals surface area contributed by atoms with Crippen molar-refractivity contribution in [3.05, 3.63) is 24.2 Å². The summed E-state index contributed by atoms with van der Waals surface area (Å²) in [4.78, 5) is 12.0. The number of pyridine rings is 1. The number of rotatable bonds is 4. The van der Waals surface area contributed by atoms with Crippen LogP contribution < -0.4 is 0 Å². The van der Waals surface area contributed by atoms with Crippen molar-refractivity contribution in [3.8, 4) is 0 Å². The van der Waals surface area contributed by atoms with E-state index in [0.717, 1.165) is 24.1 Å². The molecule has 1 fully saturated rings. The number of piperidine rings is 1. The zero-order valence-electron chi connectivity index (χ0n) is 13.4. The highest BCUT2D eigenvalue weighted by Gasteiger charge is 2.26. The highest BCUT2D eigenvalue weighted by Crippen LogP contribution is 2.24. The van der Waals surface area contributed by atoms with Crippen LogP contribution in [0.4, 0.5) is 0 Å². The minimum absolute atomic E-state index is 0.618. The van der Waals surface area contributed by atoms with Gasteiger partial charge in [0, 0.05) is 31.2 Å². The lowest BCUT2D eigenvalue weighted by atomic mass is 9.97. The summed E-state index contributed by atoms with van der Waals surface area (Å²) in [6, 6.07) is 5.29. The molecule has 1 atom stereocenters. The summed E-state index contributed by atoms with van der Waals surface area (Å²) in [5.41, 5.74) is 2.06. The molecule has 2 aromatic rings. The van der Waals surface area contributed by atoms with Gasteiger partial charge in [-0.05, 0) is 52.3 Å². The first-order chi connectivity index (χ1) is 10.2. The lowest BCUT2D eigenvalue weighted by Crippen LogP contribution is -2.45. The zero-order valence-corrected chi connectivity index (χ0v) is 13.4. The van der Waals surface area contributed by atoms with Gasteiger partial charge in [-0.15, -0.1) is 0 Å². The number of fused-ring (bicyclic) bond motifs is 1. The van der Waals surface area contributed by atoms with Crippen LogP contribution in [0.15, 0.2) is 18.3 Å². The molecule has 3 heterocycles. The van der Waals surface area contributed by atoms with Gasteiger partial charge in [0.2, 0.25) is 0 Å². The third-order valence-electron chi connectivity index (χ3n) is 4.65. The van der Waals surface area contributed by atoms with Crippen molar-refractivity contribution in [2.45, 2.75) is 65.1 Å². The summed E-state index contributed by atoms with van der Waals surface area (Å²) in [5.74, 6) is 1.20. The molecule has 2 aromatic heterocycles. The molecule has 4 nitrogen and oxygen atoms in total. The molecule has 0 N–H and O–H groups in total. The molecule has 1 unspecified atom stereocenters. The predicted octanol–water partition coefficient (Wildman–Crippen LogP) is 3.26. The van der Waals surface area contributed by atoms with Crippen molar-refractivity contribution in [1.82, 2.24) is 19.4 Å². The maximum atomic E-state index is 4.85. The molecule has 0 spiro atoms. The predicted molar refractivity (Wildman–Crippen MR) is 86.4 cm³/mol. The summed E-state index contributed by atoms with van der Waals surface area (Å²) < 4.78 is 2.28. The van der Waals surface area contributed by atoms with Gasteiger partial charge in [0.15, 0.2) is 5.65 Å². The molecule has 114 valence electrons. The molecule has 1 aliphatic rings. The molecular weight excluding hydrogens is 260 g/mol. The molecule has 0 aliphatic carbocycles. The quantitative estimate of drug-likeness (QED) is 0.865. The molecule has 0 radical (unpaired) electrons.